The van der Waals surface area contributed by atoms with Gasteiger partial charge in [-0.25, -0.2) is 4.79 Å². The first-order valence-electron chi connectivity index (χ1n) is 7.91. The third-order valence-electron chi connectivity index (χ3n) is 3.87. The summed E-state index contributed by atoms with van der Waals surface area (Å²) in [5.41, 5.74) is 0.882. The smallest absolute Gasteiger partial charge is 0.341 e. The molecule has 0 unspecified atom stereocenters. The predicted octanol–water partition coefficient (Wildman–Crippen LogP) is 1.97. The molecule has 23 heavy (non-hydrogen) atoms. The van der Waals surface area contributed by atoms with Crippen molar-refractivity contribution in [1.82, 2.24) is 5.32 Å². The van der Waals surface area contributed by atoms with Gasteiger partial charge in [-0.3, -0.25) is 4.79 Å². The van der Waals surface area contributed by atoms with Gasteiger partial charge in [-0.05, 0) is 42.9 Å². The van der Waals surface area contributed by atoms with E-state index in [1.807, 2.05) is 6.07 Å². The van der Waals surface area contributed by atoms with Crippen LogP contribution in [0.5, 0.6) is 5.75 Å². The highest BCUT2D eigenvalue weighted by Crippen LogP contribution is 2.20. The van der Waals surface area contributed by atoms with Crippen molar-refractivity contribution in [2.45, 2.75) is 32.2 Å². The number of carboxylic acid groups (broad SMARTS) is 1. The average molecular weight is 321 g/mol. The summed E-state index contributed by atoms with van der Waals surface area (Å²) < 4.78 is 10.4. The van der Waals surface area contributed by atoms with E-state index in [9.17, 15) is 9.59 Å². The predicted molar refractivity (Wildman–Crippen MR) is 84.2 cm³/mol. The van der Waals surface area contributed by atoms with E-state index in [1.54, 1.807) is 18.2 Å². The zero-order chi connectivity index (χ0) is 16.5. The van der Waals surface area contributed by atoms with Gasteiger partial charge in [0.15, 0.2) is 6.61 Å². The van der Waals surface area contributed by atoms with E-state index < -0.39 is 5.97 Å². The Morgan fingerprint density at radius 3 is 2.83 bits per heavy atom. The maximum Gasteiger partial charge on any atom is 0.341 e. The normalized spacial score (nSPS) is 15.1. The maximum atomic E-state index is 11.9. The first-order chi connectivity index (χ1) is 11.1. The standard InChI is InChI=1S/C17H23NO5/c19-16(5-4-13-6-8-22-9-7-13)18-11-14-2-1-3-15(10-14)23-12-17(20)21/h1-3,10,13H,4-9,11-12H2,(H,18,19)(H,20,21). The van der Waals surface area contributed by atoms with Gasteiger partial charge < -0.3 is 19.9 Å². The molecule has 0 saturated carbocycles. The molecule has 1 saturated heterocycles. The lowest BCUT2D eigenvalue weighted by molar-refractivity contribution is -0.139. The van der Waals surface area contributed by atoms with Crippen LogP contribution in [0.2, 0.25) is 0 Å². The number of carbonyl (C=O) groups is 2. The summed E-state index contributed by atoms with van der Waals surface area (Å²) in [6, 6.07) is 7.08. The van der Waals surface area contributed by atoms with Gasteiger partial charge in [0.05, 0.1) is 0 Å². The van der Waals surface area contributed by atoms with Crippen LogP contribution in [0.3, 0.4) is 0 Å². The molecule has 2 N–H and O–H groups in total. The molecule has 0 bridgehead atoms. The monoisotopic (exact) mass is 321 g/mol. The molecule has 0 spiro atoms. The molecule has 126 valence electrons. The molecular formula is C17H23NO5. The number of ether oxygens (including phenoxy) is 2. The molecule has 1 aromatic carbocycles. The van der Waals surface area contributed by atoms with Crippen molar-refractivity contribution in [3.8, 4) is 5.75 Å². The molecule has 1 aromatic rings. The fourth-order valence-corrected chi connectivity index (χ4v) is 2.55. The molecule has 1 fully saturated rings. The van der Waals surface area contributed by atoms with Crippen molar-refractivity contribution in [3.05, 3.63) is 29.8 Å². The van der Waals surface area contributed by atoms with E-state index in [-0.39, 0.29) is 12.5 Å². The van der Waals surface area contributed by atoms with Crippen LogP contribution in [0.25, 0.3) is 0 Å². The van der Waals surface area contributed by atoms with Gasteiger partial charge in [-0.15, -0.1) is 0 Å². The first-order valence-corrected chi connectivity index (χ1v) is 7.91. The number of amides is 1. The molecule has 1 aliphatic rings. The summed E-state index contributed by atoms with van der Waals surface area (Å²) in [6.07, 6.45) is 3.50. The summed E-state index contributed by atoms with van der Waals surface area (Å²) in [5, 5.41) is 11.5. The lowest BCUT2D eigenvalue weighted by Crippen LogP contribution is -2.24. The molecule has 6 heteroatoms. The van der Waals surface area contributed by atoms with Crippen LogP contribution < -0.4 is 10.1 Å². The fourth-order valence-electron chi connectivity index (χ4n) is 2.55. The largest absolute Gasteiger partial charge is 0.482 e. The maximum absolute atomic E-state index is 11.9. The second-order valence-corrected chi connectivity index (χ2v) is 5.70. The minimum Gasteiger partial charge on any atom is -0.482 e. The Morgan fingerprint density at radius 1 is 1.30 bits per heavy atom. The number of hydrogen-bond acceptors (Lipinski definition) is 4. The van der Waals surface area contributed by atoms with Crippen LogP contribution in [0.15, 0.2) is 24.3 Å². The van der Waals surface area contributed by atoms with Crippen LogP contribution in [-0.4, -0.2) is 36.8 Å². The number of hydrogen-bond donors (Lipinski definition) is 2. The molecule has 6 nitrogen and oxygen atoms in total. The van der Waals surface area contributed by atoms with Gasteiger partial charge in [0.2, 0.25) is 5.91 Å². The van der Waals surface area contributed by atoms with Gasteiger partial charge in [0.1, 0.15) is 5.75 Å². The summed E-state index contributed by atoms with van der Waals surface area (Å²) in [5.74, 6) is 0.0915. The Balaban J connectivity index is 1.70. The second kappa shape index (κ2) is 9.15. The van der Waals surface area contributed by atoms with E-state index in [0.717, 1.165) is 38.0 Å². The highest BCUT2D eigenvalue weighted by molar-refractivity contribution is 5.75. The zero-order valence-electron chi connectivity index (χ0n) is 13.1. The number of nitrogens with one attached hydrogen (secondary N) is 1. The van der Waals surface area contributed by atoms with E-state index in [2.05, 4.69) is 5.32 Å². The molecule has 1 amide bonds. The van der Waals surface area contributed by atoms with Crippen LogP contribution >= 0.6 is 0 Å². The van der Waals surface area contributed by atoms with Crippen molar-refractivity contribution in [1.29, 1.82) is 0 Å². The highest BCUT2D eigenvalue weighted by atomic mass is 16.5. The fraction of sp³-hybridized carbons (Fsp3) is 0.529. The lowest BCUT2D eigenvalue weighted by Gasteiger charge is -2.21. The van der Waals surface area contributed by atoms with Crippen molar-refractivity contribution in [3.63, 3.8) is 0 Å². The quantitative estimate of drug-likeness (QED) is 0.765. The van der Waals surface area contributed by atoms with E-state index in [1.165, 1.54) is 0 Å². The van der Waals surface area contributed by atoms with E-state index in [0.29, 0.717) is 24.6 Å². The Bertz CT molecular complexity index is 525. The molecule has 1 heterocycles. The van der Waals surface area contributed by atoms with Gasteiger partial charge in [-0.1, -0.05) is 12.1 Å². The molecule has 0 aliphatic carbocycles. The van der Waals surface area contributed by atoms with Crippen LogP contribution in [0.4, 0.5) is 0 Å². The number of benzene rings is 1. The zero-order valence-corrected chi connectivity index (χ0v) is 13.1. The molecule has 2 rings (SSSR count). The van der Waals surface area contributed by atoms with Crippen LogP contribution in [-0.2, 0) is 20.9 Å². The second-order valence-electron chi connectivity index (χ2n) is 5.70. The van der Waals surface area contributed by atoms with Crippen molar-refractivity contribution in [2.75, 3.05) is 19.8 Å². The van der Waals surface area contributed by atoms with Gasteiger partial charge in [0.25, 0.3) is 0 Å². The average Bonchev–Trinajstić information content (AvgIpc) is 2.57. The third kappa shape index (κ3) is 6.69. The van der Waals surface area contributed by atoms with Crippen LogP contribution in [0, 0.1) is 5.92 Å². The number of carbonyl (C=O) groups excluding carboxylic acids is 1. The summed E-state index contributed by atoms with van der Waals surface area (Å²) in [7, 11) is 0. The van der Waals surface area contributed by atoms with E-state index >= 15 is 0 Å². The number of carboxylic acids is 1. The molecule has 0 atom stereocenters. The molecular weight excluding hydrogens is 298 g/mol. The minimum absolute atomic E-state index is 0.0355. The van der Waals surface area contributed by atoms with Crippen molar-refractivity contribution < 1.29 is 24.2 Å². The number of rotatable bonds is 8. The van der Waals surface area contributed by atoms with Gasteiger partial charge in [-0.2, -0.15) is 0 Å². The highest BCUT2D eigenvalue weighted by Gasteiger charge is 2.15. The summed E-state index contributed by atoms with van der Waals surface area (Å²) >= 11 is 0. The lowest BCUT2D eigenvalue weighted by atomic mass is 9.95. The van der Waals surface area contributed by atoms with Crippen LogP contribution in [0.1, 0.15) is 31.2 Å². The molecule has 0 aromatic heterocycles. The van der Waals surface area contributed by atoms with Crippen molar-refractivity contribution >= 4 is 11.9 Å². The van der Waals surface area contributed by atoms with Gasteiger partial charge >= 0.3 is 5.97 Å². The van der Waals surface area contributed by atoms with Gasteiger partial charge in [0, 0.05) is 26.2 Å². The minimum atomic E-state index is -1.02. The SMILES string of the molecule is O=C(O)COc1cccc(CNC(=O)CCC2CCOCC2)c1. The summed E-state index contributed by atoms with van der Waals surface area (Å²) in [4.78, 5) is 22.4. The Hall–Kier alpha value is -2.08. The number of aliphatic carboxylic acids is 1. The topological polar surface area (TPSA) is 84.9 Å². The Morgan fingerprint density at radius 2 is 2.09 bits per heavy atom. The van der Waals surface area contributed by atoms with E-state index in [4.69, 9.17) is 14.6 Å². The molecule has 1 aliphatic heterocycles. The third-order valence-corrected chi connectivity index (χ3v) is 3.87. The Labute approximate surface area is 135 Å². The Kier molecular flexibility index (Phi) is 6.87. The summed E-state index contributed by atoms with van der Waals surface area (Å²) in [6.45, 7) is 1.64. The van der Waals surface area contributed by atoms with Crippen molar-refractivity contribution in [2.24, 2.45) is 5.92 Å². The molecule has 0 radical (unpaired) electrons. The first kappa shape index (κ1) is 17.3.